The molecule has 0 saturated heterocycles. The minimum absolute atomic E-state index is 0.0340. The Hall–Kier alpha value is -3.99. The van der Waals surface area contributed by atoms with Crippen molar-refractivity contribution in [2.45, 2.75) is 56.3 Å². The zero-order chi connectivity index (χ0) is 27.1. The van der Waals surface area contributed by atoms with Gasteiger partial charge in [0.15, 0.2) is 5.96 Å². The number of aliphatic carboxylic acids is 1. The molecule has 15 N–H and O–H groups in total. The summed E-state index contributed by atoms with van der Waals surface area (Å²) in [7, 11) is 0. The largest absolute Gasteiger partial charge is 0.480 e. The van der Waals surface area contributed by atoms with E-state index in [0.717, 1.165) is 0 Å². The number of hydrogen-bond acceptors (Lipinski definition) is 9. The van der Waals surface area contributed by atoms with Crippen molar-refractivity contribution in [2.24, 2.45) is 33.7 Å². The van der Waals surface area contributed by atoms with Gasteiger partial charge < -0.3 is 54.8 Å². The maximum atomic E-state index is 12.7. The van der Waals surface area contributed by atoms with Gasteiger partial charge in [0.2, 0.25) is 29.5 Å². The summed E-state index contributed by atoms with van der Waals surface area (Å²) in [5.41, 5.74) is 26.0. The average Bonchev–Trinajstić information content (AvgIpc) is 2.75. The summed E-state index contributed by atoms with van der Waals surface area (Å²) in [6, 6.07) is -5.75. The van der Waals surface area contributed by atoms with Gasteiger partial charge in [0.25, 0.3) is 0 Å². The van der Waals surface area contributed by atoms with E-state index in [4.69, 9.17) is 28.7 Å². The summed E-state index contributed by atoms with van der Waals surface area (Å²) in [4.78, 5) is 74.3. The molecule has 0 radical (unpaired) electrons. The van der Waals surface area contributed by atoms with Crippen LogP contribution in [0.4, 0.5) is 0 Å². The molecule has 198 valence electrons. The molecule has 0 saturated carbocycles. The lowest BCUT2D eigenvalue weighted by Gasteiger charge is -2.24. The predicted octanol–water partition coefficient (Wildman–Crippen LogP) is -5.96. The highest BCUT2D eigenvalue weighted by atomic mass is 16.4. The number of aliphatic hydroxyl groups excluding tert-OH is 1. The van der Waals surface area contributed by atoms with E-state index < -0.39 is 72.7 Å². The van der Waals surface area contributed by atoms with Gasteiger partial charge in [-0.2, -0.15) is 0 Å². The first-order chi connectivity index (χ1) is 16.3. The summed E-state index contributed by atoms with van der Waals surface area (Å²) in [5, 5.41) is 25.3. The number of primary amides is 2. The third-order valence-electron chi connectivity index (χ3n) is 4.45. The molecule has 0 aliphatic carbocycles. The van der Waals surface area contributed by atoms with E-state index in [1.807, 2.05) is 0 Å². The van der Waals surface area contributed by atoms with Crippen molar-refractivity contribution in [1.29, 1.82) is 0 Å². The molecule has 0 aromatic carbocycles. The van der Waals surface area contributed by atoms with Crippen LogP contribution in [0.3, 0.4) is 0 Å². The van der Waals surface area contributed by atoms with Crippen molar-refractivity contribution in [3.8, 4) is 0 Å². The summed E-state index contributed by atoms with van der Waals surface area (Å²) < 4.78 is 0. The predicted molar refractivity (Wildman–Crippen MR) is 121 cm³/mol. The maximum Gasteiger partial charge on any atom is 0.326 e. The summed E-state index contributed by atoms with van der Waals surface area (Å²) in [5.74, 6) is -6.15. The molecule has 0 aliphatic rings. The molecule has 0 aliphatic heterocycles. The number of guanidine groups is 1. The fourth-order valence-electron chi connectivity index (χ4n) is 2.64. The molecule has 0 aromatic heterocycles. The molecular formula is C18H33N9O8. The van der Waals surface area contributed by atoms with E-state index in [-0.39, 0.29) is 38.2 Å². The number of hydrogen-bond donors (Lipinski definition) is 10. The first-order valence-corrected chi connectivity index (χ1v) is 10.4. The molecule has 17 heteroatoms. The number of carboxylic acids is 1. The van der Waals surface area contributed by atoms with E-state index in [9.17, 15) is 39.0 Å². The number of carbonyl (C=O) groups is 6. The minimum atomic E-state index is -1.60. The van der Waals surface area contributed by atoms with Gasteiger partial charge in [-0.15, -0.1) is 0 Å². The number of nitrogens with two attached hydrogens (primary N) is 5. The molecule has 0 rings (SSSR count). The lowest BCUT2D eigenvalue weighted by molar-refractivity contribution is -0.143. The summed E-state index contributed by atoms with van der Waals surface area (Å²) >= 11 is 0. The van der Waals surface area contributed by atoms with Gasteiger partial charge in [-0.25, -0.2) is 4.79 Å². The number of nitrogens with one attached hydrogen (secondary N) is 3. The second kappa shape index (κ2) is 15.8. The van der Waals surface area contributed by atoms with Gasteiger partial charge >= 0.3 is 5.97 Å². The number of carboxylic acid groups (broad SMARTS) is 1. The third-order valence-corrected chi connectivity index (χ3v) is 4.45. The number of carbonyl (C=O) groups excluding carboxylic acids is 5. The highest BCUT2D eigenvalue weighted by Crippen LogP contribution is 2.03. The second-order valence-corrected chi connectivity index (χ2v) is 7.44. The van der Waals surface area contributed by atoms with Gasteiger partial charge in [0.05, 0.1) is 19.1 Å². The van der Waals surface area contributed by atoms with Crippen LogP contribution in [0.1, 0.15) is 32.1 Å². The average molecular weight is 504 g/mol. The van der Waals surface area contributed by atoms with Crippen LogP contribution in [-0.4, -0.2) is 89.0 Å². The van der Waals surface area contributed by atoms with Gasteiger partial charge in [-0.1, -0.05) is 0 Å². The summed E-state index contributed by atoms with van der Waals surface area (Å²) in [6.45, 7) is -0.824. The van der Waals surface area contributed by atoms with Crippen molar-refractivity contribution < 1.29 is 39.0 Å². The Morgan fingerprint density at radius 1 is 0.771 bits per heavy atom. The van der Waals surface area contributed by atoms with E-state index in [2.05, 4.69) is 20.9 Å². The van der Waals surface area contributed by atoms with E-state index in [1.54, 1.807) is 0 Å². The molecule has 0 heterocycles. The molecule has 0 aromatic rings. The van der Waals surface area contributed by atoms with Gasteiger partial charge in [-0.05, 0) is 19.3 Å². The maximum absolute atomic E-state index is 12.7. The molecule has 17 nitrogen and oxygen atoms in total. The Bertz CT molecular complexity index is 816. The zero-order valence-corrected chi connectivity index (χ0v) is 18.9. The third kappa shape index (κ3) is 13.3. The zero-order valence-electron chi connectivity index (χ0n) is 18.9. The Morgan fingerprint density at radius 3 is 1.80 bits per heavy atom. The van der Waals surface area contributed by atoms with Crippen LogP contribution >= 0.6 is 0 Å². The molecule has 0 fully saturated rings. The molecule has 0 spiro atoms. The fourth-order valence-corrected chi connectivity index (χ4v) is 2.64. The van der Waals surface area contributed by atoms with Crippen LogP contribution < -0.4 is 44.6 Å². The molecular weight excluding hydrogens is 470 g/mol. The lowest BCUT2D eigenvalue weighted by Crippen LogP contribution is -2.58. The van der Waals surface area contributed by atoms with Crippen molar-refractivity contribution in [3.63, 3.8) is 0 Å². The lowest BCUT2D eigenvalue weighted by atomic mass is 10.1. The molecule has 4 atom stereocenters. The monoisotopic (exact) mass is 503 g/mol. The Kier molecular flexibility index (Phi) is 14.0. The first kappa shape index (κ1) is 31.0. The molecule has 0 bridgehead atoms. The van der Waals surface area contributed by atoms with Crippen LogP contribution in [0, 0.1) is 0 Å². The standard InChI is InChI=1S/C18H33N9O8/c19-8(6-13(21)30)14(31)25-9(2-1-5-24-18(22)23)15(32)27-11(7-28)16(33)26-10(17(34)35)3-4-12(20)29/h8-11,28H,1-7,19H2,(H2,20,29)(H2,21,30)(H,25,31)(H,26,33)(H,27,32)(H,34,35)(H4,22,23,24). The normalized spacial score (nSPS) is 13.9. The van der Waals surface area contributed by atoms with E-state index >= 15 is 0 Å². The Labute approximate surface area is 200 Å². The topological polar surface area (TPSA) is 321 Å². The van der Waals surface area contributed by atoms with E-state index in [1.165, 1.54) is 0 Å². The van der Waals surface area contributed by atoms with Crippen LogP contribution in [0.25, 0.3) is 0 Å². The van der Waals surface area contributed by atoms with Crippen molar-refractivity contribution in [1.82, 2.24) is 16.0 Å². The molecule has 35 heavy (non-hydrogen) atoms. The van der Waals surface area contributed by atoms with Crippen LogP contribution in [-0.2, 0) is 28.8 Å². The van der Waals surface area contributed by atoms with Crippen molar-refractivity contribution in [3.05, 3.63) is 0 Å². The van der Waals surface area contributed by atoms with Gasteiger partial charge in [0.1, 0.15) is 18.1 Å². The number of aliphatic imine (C=N–C) groups is 1. The Morgan fingerprint density at radius 2 is 1.31 bits per heavy atom. The Balaban J connectivity index is 5.38. The smallest absolute Gasteiger partial charge is 0.326 e. The highest BCUT2D eigenvalue weighted by Gasteiger charge is 2.30. The first-order valence-electron chi connectivity index (χ1n) is 10.4. The van der Waals surface area contributed by atoms with Gasteiger partial charge in [-0.3, -0.25) is 29.0 Å². The van der Waals surface area contributed by atoms with E-state index in [0.29, 0.717) is 0 Å². The summed E-state index contributed by atoms with van der Waals surface area (Å²) in [6.07, 6.45) is -0.969. The second-order valence-electron chi connectivity index (χ2n) is 7.44. The van der Waals surface area contributed by atoms with Crippen LogP contribution in [0.2, 0.25) is 0 Å². The SMILES string of the molecule is NC(=O)CCC(NC(=O)C(CO)NC(=O)C(CCCN=C(N)N)NC(=O)C(N)CC(N)=O)C(=O)O. The van der Waals surface area contributed by atoms with Gasteiger partial charge in [0, 0.05) is 13.0 Å². The molecule has 5 amide bonds. The quantitative estimate of drug-likeness (QED) is 0.0505. The number of aliphatic hydroxyl groups is 1. The van der Waals surface area contributed by atoms with Crippen LogP contribution in [0.5, 0.6) is 0 Å². The number of rotatable bonds is 17. The van der Waals surface area contributed by atoms with Crippen molar-refractivity contribution in [2.75, 3.05) is 13.2 Å². The van der Waals surface area contributed by atoms with Crippen molar-refractivity contribution >= 4 is 41.5 Å². The minimum Gasteiger partial charge on any atom is -0.480 e. The number of amides is 5. The van der Waals surface area contributed by atoms with Crippen LogP contribution in [0.15, 0.2) is 4.99 Å². The highest BCUT2D eigenvalue weighted by molar-refractivity contribution is 5.95. The number of nitrogens with zero attached hydrogens (tertiary/aromatic N) is 1. The molecule has 4 unspecified atom stereocenters. The fraction of sp³-hybridized carbons (Fsp3) is 0.611.